The third-order valence-corrected chi connectivity index (χ3v) is 2.96. The highest BCUT2D eigenvalue weighted by Crippen LogP contribution is 2.36. The second-order valence-corrected chi connectivity index (χ2v) is 4.54. The molecule has 0 unspecified atom stereocenters. The Morgan fingerprint density at radius 2 is 2.11 bits per heavy atom. The van der Waals surface area contributed by atoms with Crippen LogP contribution >= 0.6 is 0 Å². The van der Waals surface area contributed by atoms with E-state index in [-0.39, 0.29) is 17.4 Å². The molecule has 1 aliphatic rings. The molecule has 1 aliphatic carbocycles. The van der Waals surface area contributed by atoms with Crippen LogP contribution in [-0.2, 0) is 7.05 Å². The lowest BCUT2D eigenvalue weighted by atomic mass is 10.2. The fourth-order valence-electron chi connectivity index (χ4n) is 2.10. The zero-order valence-electron chi connectivity index (χ0n) is 10.2. The summed E-state index contributed by atoms with van der Waals surface area (Å²) in [5.74, 6) is 0.266. The Morgan fingerprint density at radius 3 is 2.56 bits per heavy atom. The summed E-state index contributed by atoms with van der Waals surface area (Å²) < 4.78 is 39.1. The SMILES string of the molecule is Cc1nn(C)c(N(CC(F)(F)F)C2CC2)c1C=O. The molecule has 1 aromatic rings. The number of anilines is 1. The summed E-state index contributed by atoms with van der Waals surface area (Å²) in [6.07, 6.45) is -2.28. The molecule has 0 amide bonds. The van der Waals surface area contributed by atoms with Crippen LogP contribution in [0.25, 0.3) is 0 Å². The molecule has 0 radical (unpaired) electrons. The molecular formula is C11H14F3N3O. The van der Waals surface area contributed by atoms with E-state index in [1.54, 1.807) is 14.0 Å². The first-order valence-electron chi connectivity index (χ1n) is 5.65. The van der Waals surface area contributed by atoms with Gasteiger partial charge in [-0.15, -0.1) is 0 Å². The first-order chi connectivity index (χ1) is 8.33. The maximum Gasteiger partial charge on any atom is 0.405 e. The molecule has 18 heavy (non-hydrogen) atoms. The van der Waals surface area contributed by atoms with E-state index < -0.39 is 12.7 Å². The molecule has 0 saturated heterocycles. The largest absolute Gasteiger partial charge is 0.405 e. The molecule has 1 saturated carbocycles. The minimum atomic E-state index is -4.29. The third-order valence-electron chi connectivity index (χ3n) is 2.96. The van der Waals surface area contributed by atoms with E-state index in [9.17, 15) is 18.0 Å². The Hall–Kier alpha value is -1.53. The number of aromatic nitrogens is 2. The average Bonchev–Trinajstić information content (AvgIpc) is 3.00. The number of hydrogen-bond donors (Lipinski definition) is 0. The monoisotopic (exact) mass is 261 g/mol. The topological polar surface area (TPSA) is 38.1 Å². The van der Waals surface area contributed by atoms with Gasteiger partial charge in [0, 0.05) is 13.1 Å². The highest BCUT2D eigenvalue weighted by atomic mass is 19.4. The van der Waals surface area contributed by atoms with Crippen LogP contribution in [0.4, 0.5) is 19.0 Å². The van der Waals surface area contributed by atoms with Gasteiger partial charge in [-0.25, -0.2) is 0 Å². The van der Waals surface area contributed by atoms with Crippen molar-refractivity contribution in [3.8, 4) is 0 Å². The molecule has 100 valence electrons. The van der Waals surface area contributed by atoms with E-state index in [2.05, 4.69) is 5.10 Å². The molecule has 1 aromatic heterocycles. The van der Waals surface area contributed by atoms with Crippen molar-refractivity contribution in [3.05, 3.63) is 11.3 Å². The lowest BCUT2D eigenvalue weighted by molar-refractivity contribution is -0.120. The van der Waals surface area contributed by atoms with Crippen LogP contribution in [0.15, 0.2) is 0 Å². The van der Waals surface area contributed by atoms with Gasteiger partial charge < -0.3 is 4.90 Å². The predicted molar refractivity (Wildman–Crippen MR) is 59.8 cm³/mol. The van der Waals surface area contributed by atoms with Crippen molar-refractivity contribution in [2.45, 2.75) is 32.0 Å². The predicted octanol–water partition coefficient (Wildman–Crippen LogP) is 2.07. The van der Waals surface area contributed by atoms with Crippen LogP contribution in [0.2, 0.25) is 0 Å². The summed E-state index contributed by atoms with van der Waals surface area (Å²) in [6, 6.07) is -0.139. The number of aryl methyl sites for hydroxylation is 2. The Bertz CT molecular complexity index is 463. The highest BCUT2D eigenvalue weighted by Gasteiger charge is 2.40. The van der Waals surface area contributed by atoms with Gasteiger partial charge in [0.15, 0.2) is 6.29 Å². The van der Waals surface area contributed by atoms with E-state index in [4.69, 9.17) is 0 Å². The van der Waals surface area contributed by atoms with Crippen LogP contribution in [-0.4, -0.2) is 34.8 Å². The Labute approximate surface area is 102 Å². The van der Waals surface area contributed by atoms with Gasteiger partial charge in [-0.1, -0.05) is 0 Å². The molecule has 1 heterocycles. The molecule has 0 N–H and O–H groups in total. The number of carbonyl (C=O) groups is 1. The molecule has 0 atom stereocenters. The minimum absolute atomic E-state index is 0.139. The molecule has 2 rings (SSSR count). The smallest absolute Gasteiger partial charge is 0.344 e. The zero-order chi connectivity index (χ0) is 13.5. The van der Waals surface area contributed by atoms with E-state index in [0.29, 0.717) is 12.0 Å². The fourth-order valence-corrected chi connectivity index (χ4v) is 2.10. The summed E-state index contributed by atoms with van der Waals surface area (Å²) >= 11 is 0. The van der Waals surface area contributed by atoms with Crippen molar-refractivity contribution in [2.24, 2.45) is 7.05 Å². The van der Waals surface area contributed by atoms with Crippen molar-refractivity contribution < 1.29 is 18.0 Å². The van der Waals surface area contributed by atoms with Gasteiger partial charge >= 0.3 is 6.18 Å². The van der Waals surface area contributed by atoms with Crippen molar-refractivity contribution in [1.82, 2.24) is 9.78 Å². The quantitative estimate of drug-likeness (QED) is 0.779. The van der Waals surface area contributed by atoms with E-state index >= 15 is 0 Å². The van der Waals surface area contributed by atoms with Gasteiger partial charge in [0.25, 0.3) is 0 Å². The third kappa shape index (κ3) is 2.49. The van der Waals surface area contributed by atoms with Crippen LogP contribution < -0.4 is 4.90 Å². The Morgan fingerprint density at radius 1 is 1.50 bits per heavy atom. The van der Waals surface area contributed by atoms with Crippen molar-refractivity contribution in [2.75, 3.05) is 11.4 Å². The standard InChI is InChI=1S/C11H14F3N3O/c1-7-9(5-18)10(16(2)15-7)17(8-3-4-8)6-11(12,13)14/h5,8H,3-4,6H2,1-2H3. The van der Waals surface area contributed by atoms with Gasteiger partial charge in [-0.3, -0.25) is 9.48 Å². The van der Waals surface area contributed by atoms with Crippen LogP contribution in [0.1, 0.15) is 28.9 Å². The summed E-state index contributed by atoms with van der Waals surface area (Å²) in [5, 5.41) is 4.02. The summed E-state index contributed by atoms with van der Waals surface area (Å²) in [6.45, 7) is 0.573. The first kappa shape index (κ1) is 12.9. The van der Waals surface area contributed by atoms with E-state index in [0.717, 1.165) is 12.8 Å². The normalized spacial score (nSPS) is 15.8. The minimum Gasteiger partial charge on any atom is -0.344 e. The van der Waals surface area contributed by atoms with Crippen molar-refractivity contribution >= 4 is 12.1 Å². The lowest BCUT2D eigenvalue weighted by Gasteiger charge is -2.26. The molecule has 4 nitrogen and oxygen atoms in total. The maximum atomic E-state index is 12.6. The zero-order valence-corrected chi connectivity index (χ0v) is 10.2. The second kappa shape index (κ2) is 4.29. The van der Waals surface area contributed by atoms with Crippen molar-refractivity contribution in [3.63, 3.8) is 0 Å². The summed E-state index contributed by atoms with van der Waals surface area (Å²) in [7, 11) is 1.56. The number of halogens is 3. The number of rotatable bonds is 4. The molecule has 0 aromatic carbocycles. The van der Waals surface area contributed by atoms with Crippen molar-refractivity contribution in [1.29, 1.82) is 0 Å². The number of aldehydes is 1. The highest BCUT2D eigenvalue weighted by molar-refractivity contribution is 5.85. The van der Waals surface area contributed by atoms with Gasteiger partial charge in [-0.05, 0) is 19.8 Å². The second-order valence-electron chi connectivity index (χ2n) is 4.54. The van der Waals surface area contributed by atoms with Crippen LogP contribution in [0.3, 0.4) is 0 Å². The molecule has 0 bridgehead atoms. The van der Waals surface area contributed by atoms with Crippen LogP contribution in [0.5, 0.6) is 0 Å². The summed E-state index contributed by atoms with van der Waals surface area (Å²) in [4.78, 5) is 12.3. The fraction of sp³-hybridized carbons (Fsp3) is 0.636. The molecule has 0 aliphatic heterocycles. The number of nitrogens with zero attached hydrogens (tertiary/aromatic N) is 3. The molecule has 7 heteroatoms. The summed E-state index contributed by atoms with van der Waals surface area (Å²) in [5.41, 5.74) is 0.698. The number of hydrogen-bond acceptors (Lipinski definition) is 3. The lowest BCUT2D eigenvalue weighted by Crippen LogP contribution is -2.37. The number of carbonyl (C=O) groups excluding carboxylic acids is 1. The Kier molecular flexibility index (Phi) is 3.08. The average molecular weight is 261 g/mol. The van der Waals surface area contributed by atoms with Gasteiger partial charge in [0.1, 0.15) is 12.4 Å². The first-order valence-corrected chi connectivity index (χ1v) is 5.65. The molecule has 1 fully saturated rings. The van der Waals surface area contributed by atoms with E-state index in [1.807, 2.05) is 0 Å². The van der Waals surface area contributed by atoms with Gasteiger partial charge in [-0.2, -0.15) is 18.3 Å². The van der Waals surface area contributed by atoms with E-state index in [1.165, 1.54) is 9.58 Å². The molecule has 0 spiro atoms. The van der Waals surface area contributed by atoms with Crippen LogP contribution in [0, 0.1) is 6.92 Å². The van der Waals surface area contributed by atoms with Gasteiger partial charge in [0.2, 0.25) is 0 Å². The molecular weight excluding hydrogens is 247 g/mol. The van der Waals surface area contributed by atoms with Gasteiger partial charge in [0.05, 0.1) is 11.3 Å². The Balaban J connectivity index is 2.39. The number of alkyl halides is 3. The maximum absolute atomic E-state index is 12.6.